The van der Waals surface area contributed by atoms with Crippen molar-refractivity contribution >= 4 is 5.78 Å². The molecule has 18 heavy (non-hydrogen) atoms. The van der Waals surface area contributed by atoms with Crippen molar-refractivity contribution < 1.29 is 4.79 Å². The normalized spacial score (nSPS) is 31.3. The summed E-state index contributed by atoms with van der Waals surface area (Å²) in [5.41, 5.74) is -0.207. The number of carbonyl (C=O) groups is 1. The monoisotopic (exact) mass is 251 g/mol. The fourth-order valence-corrected chi connectivity index (χ4v) is 4.58. The molecule has 3 atom stereocenters. The Labute approximate surface area is 112 Å². The Morgan fingerprint density at radius 1 is 1.17 bits per heavy atom. The molecule has 0 aliphatic heterocycles. The summed E-state index contributed by atoms with van der Waals surface area (Å²) < 4.78 is 0. The molecule has 0 saturated heterocycles. The first-order valence-corrected chi connectivity index (χ1v) is 7.74. The van der Waals surface area contributed by atoms with Gasteiger partial charge in [0.2, 0.25) is 0 Å². The minimum atomic E-state index is -0.207. The van der Waals surface area contributed by atoms with Gasteiger partial charge in [-0.3, -0.25) is 9.69 Å². The highest BCUT2D eigenvalue weighted by molar-refractivity contribution is 5.88. The molecule has 2 nitrogen and oxygen atoms in total. The predicted octanol–water partition coefficient (Wildman–Crippen LogP) is 3.50. The van der Waals surface area contributed by atoms with Crippen LogP contribution in [0.4, 0.5) is 0 Å². The second kappa shape index (κ2) is 5.32. The molecule has 0 spiro atoms. The number of likely N-dealkylation sites (N-methyl/N-ethyl adjacent to an activating group) is 1. The molecule has 2 aliphatic carbocycles. The highest BCUT2D eigenvalue weighted by atomic mass is 16.1. The highest BCUT2D eigenvalue weighted by Crippen LogP contribution is 2.50. The summed E-state index contributed by atoms with van der Waals surface area (Å²) in [6, 6.07) is 0. The zero-order valence-corrected chi connectivity index (χ0v) is 12.5. The van der Waals surface area contributed by atoms with Crippen LogP contribution in [0.15, 0.2) is 0 Å². The lowest BCUT2D eigenvalue weighted by Gasteiger charge is -2.38. The van der Waals surface area contributed by atoms with Gasteiger partial charge in [-0.2, -0.15) is 0 Å². The summed E-state index contributed by atoms with van der Waals surface area (Å²) in [6.45, 7) is 4.31. The molecule has 0 heterocycles. The standard InChI is InChI=1S/C16H29NO/c1-5-16(6-2,17(3)4)15(18)11-14-10-12-7-8-13(14)9-12/h12-14H,5-11H2,1-4H3. The molecule has 0 aromatic rings. The van der Waals surface area contributed by atoms with Crippen molar-refractivity contribution in [2.75, 3.05) is 14.1 Å². The van der Waals surface area contributed by atoms with E-state index < -0.39 is 0 Å². The third kappa shape index (κ3) is 2.24. The fraction of sp³-hybridized carbons (Fsp3) is 0.938. The molecule has 0 amide bonds. The van der Waals surface area contributed by atoms with E-state index in [4.69, 9.17) is 0 Å². The van der Waals surface area contributed by atoms with E-state index in [0.717, 1.165) is 31.1 Å². The van der Waals surface area contributed by atoms with E-state index in [0.29, 0.717) is 11.7 Å². The second-order valence-electron chi connectivity index (χ2n) is 6.70. The van der Waals surface area contributed by atoms with Gasteiger partial charge in [0, 0.05) is 6.42 Å². The molecule has 0 N–H and O–H groups in total. The molecule has 2 aliphatic rings. The molecule has 2 fully saturated rings. The van der Waals surface area contributed by atoms with Crippen LogP contribution < -0.4 is 0 Å². The topological polar surface area (TPSA) is 20.3 Å². The Hall–Kier alpha value is -0.370. The maximum absolute atomic E-state index is 12.8. The van der Waals surface area contributed by atoms with E-state index >= 15 is 0 Å². The van der Waals surface area contributed by atoms with Gasteiger partial charge in [-0.25, -0.2) is 0 Å². The van der Waals surface area contributed by atoms with Crippen molar-refractivity contribution in [3.8, 4) is 0 Å². The van der Waals surface area contributed by atoms with Gasteiger partial charge in [-0.1, -0.05) is 20.3 Å². The summed E-state index contributed by atoms with van der Waals surface area (Å²) >= 11 is 0. The van der Waals surface area contributed by atoms with Crippen molar-refractivity contribution in [3.05, 3.63) is 0 Å². The average Bonchev–Trinajstić information content (AvgIpc) is 2.92. The third-order valence-corrected chi connectivity index (χ3v) is 5.88. The van der Waals surface area contributed by atoms with Gasteiger partial charge in [0.05, 0.1) is 5.54 Å². The Morgan fingerprint density at radius 2 is 1.83 bits per heavy atom. The van der Waals surface area contributed by atoms with Crippen molar-refractivity contribution in [2.24, 2.45) is 17.8 Å². The van der Waals surface area contributed by atoms with Crippen LogP contribution in [0.1, 0.15) is 58.8 Å². The number of hydrogen-bond donors (Lipinski definition) is 0. The Balaban J connectivity index is 2.02. The van der Waals surface area contributed by atoms with Crippen LogP contribution in [0, 0.1) is 17.8 Å². The van der Waals surface area contributed by atoms with Gasteiger partial charge in [0.15, 0.2) is 5.78 Å². The molecule has 2 saturated carbocycles. The number of nitrogens with zero attached hydrogens (tertiary/aromatic N) is 1. The van der Waals surface area contributed by atoms with Gasteiger partial charge in [0.1, 0.15) is 0 Å². The largest absolute Gasteiger partial charge is 0.298 e. The number of rotatable bonds is 6. The molecule has 0 radical (unpaired) electrons. The first kappa shape index (κ1) is 14.0. The summed E-state index contributed by atoms with van der Waals surface area (Å²) in [5.74, 6) is 3.01. The van der Waals surface area contributed by atoms with Crippen molar-refractivity contribution in [1.29, 1.82) is 0 Å². The summed E-state index contributed by atoms with van der Waals surface area (Å²) in [6.07, 6.45) is 8.26. The quantitative estimate of drug-likeness (QED) is 0.720. The molecule has 3 unspecified atom stereocenters. The van der Waals surface area contributed by atoms with Crippen LogP contribution in [0.25, 0.3) is 0 Å². The summed E-state index contributed by atoms with van der Waals surface area (Å²) in [4.78, 5) is 14.9. The van der Waals surface area contributed by atoms with Crippen LogP contribution >= 0.6 is 0 Å². The molecule has 2 heteroatoms. The Morgan fingerprint density at radius 3 is 2.22 bits per heavy atom. The lowest BCUT2D eigenvalue weighted by atomic mass is 9.78. The Kier molecular flexibility index (Phi) is 4.15. The van der Waals surface area contributed by atoms with E-state index in [-0.39, 0.29) is 5.54 Å². The summed E-state index contributed by atoms with van der Waals surface area (Å²) in [5, 5.41) is 0. The van der Waals surface area contributed by atoms with Crippen LogP contribution in [0.2, 0.25) is 0 Å². The maximum Gasteiger partial charge on any atom is 0.153 e. The number of fused-ring (bicyclic) bond motifs is 2. The SMILES string of the molecule is CCC(CC)(C(=O)CC1CC2CCC1C2)N(C)C. The van der Waals surface area contributed by atoms with Crippen LogP contribution in [0.3, 0.4) is 0 Å². The zero-order valence-electron chi connectivity index (χ0n) is 12.5. The molecular formula is C16H29NO. The van der Waals surface area contributed by atoms with Gasteiger partial charge in [-0.05, 0) is 64.0 Å². The first-order valence-electron chi connectivity index (χ1n) is 7.74. The fourth-order valence-electron chi connectivity index (χ4n) is 4.58. The molecular weight excluding hydrogens is 222 g/mol. The van der Waals surface area contributed by atoms with E-state index in [1.807, 2.05) is 0 Å². The van der Waals surface area contributed by atoms with E-state index in [9.17, 15) is 4.79 Å². The highest BCUT2D eigenvalue weighted by Gasteiger charge is 2.44. The average molecular weight is 251 g/mol. The maximum atomic E-state index is 12.8. The lowest BCUT2D eigenvalue weighted by Crippen LogP contribution is -2.50. The predicted molar refractivity (Wildman–Crippen MR) is 75.6 cm³/mol. The Bertz CT molecular complexity index is 306. The van der Waals surface area contributed by atoms with E-state index in [2.05, 4.69) is 32.8 Å². The minimum Gasteiger partial charge on any atom is -0.298 e. The smallest absolute Gasteiger partial charge is 0.153 e. The van der Waals surface area contributed by atoms with Gasteiger partial charge in [0.25, 0.3) is 0 Å². The minimum absolute atomic E-state index is 0.207. The number of carbonyl (C=O) groups excluding carboxylic acids is 1. The first-order chi connectivity index (χ1) is 8.53. The molecule has 2 bridgehead atoms. The summed E-state index contributed by atoms with van der Waals surface area (Å²) in [7, 11) is 4.12. The van der Waals surface area contributed by atoms with Crippen LogP contribution in [-0.4, -0.2) is 30.3 Å². The van der Waals surface area contributed by atoms with Crippen LogP contribution in [0.5, 0.6) is 0 Å². The van der Waals surface area contributed by atoms with Crippen LogP contribution in [-0.2, 0) is 4.79 Å². The third-order valence-electron chi connectivity index (χ3n) is 5.88. The van der Waals surface area contributed by atoms with E-state index in [1.54, 1.807) is 0 Å². The number of Topliss-reactive ketones (excluding diaryl/α,β-unsaturated/α-hetero) is 1. The second-order valence-corrected chi connectivity index (χ2v) is 6.70. The van der Waals surface area contributed by atoms with Crippen molar-refractivity contribution in [3.63, 3.8) is 0 Å². The van der Waals surface area contributed by atoms with Gasteiger partial charge < -0.3 is 0 Å². The number of ketones is 1. The van der Waals surface area contributed by atoms with Crippen molar-refractivity contribution in [2.45, 2.75) is 64.3 Å². The van der Waals surface area contributed by atoms with Gasteiger partial charge in [-0.15, -0.1) is 0 Å². The zero-order chi connectivity index (χ0) is 13.3. The lowest BCUT2D eigenvalue weighted by molar-refractivity contribution is -0.131. The molecule has 104 valence electrons. The number of hydrogen-bond acceptors (Lipinski definition) is 2. The molecule has 0 aromatic heterocycles. The molecule has 2 rings (SSSR count). The van der Waals surface area contributed by atoms with Gasteiger partial charge >= 0.3 is 0 Å². The van der Waals surface area contributed by atoms with Crippen molar-refractivity contribution in [1.82, 2.24) is 4.90 Å². The van der Waals surface area contributed by atoms with E-state index in [1.165, 1.54) is 25.7 Å². The molecule has 0 aromatic carbocycles.